The Labute approximate surface area is 193 Å². The van der Waals surface area contributed by atoms with E-state index in [0.29, 0.717) is 5.13 Å². The molecule has 5 nitrogen and oxygen atoms in total. The van der Waals surface area contributed by atoms with Crippen molar-refractivity contribution in [2.75, 3.05) is 18.0 Å². The molecule has 162 valence electrons. The van der Waals surface area contributed by atoms with Crippen LogP contribution < -0.4 is 9.47 Å². The minimum Gasteiger partial charge on any atom is -0.372 e. The number of hydrogen-bond donors (Lipinski definition) is 0. The number of rotatable bonds is 8. The second-order valence-corrected chi connectivity index (χ2v) is 8.38. The molecular formula is C26H28N5S+. The van der Waals surface area contributed by atoms with Gasteiger partial charge >= 0.3 is 0 Å². The van der Waals surface area contributed by atoms with E-state index in [1.54, 1.807) is 0 Å². The Kier molecular flexibility index (Phi) is 7.02. The Balaban J connectivity index is 1.48. The second-order valence-electron chi connectivity index (χ2n) is 7.34. The first-order chi connectivity index (χ1) is 15.7. The molecule has 0 fully saturated rings. The summed E-state index contributed by atoms with van der Waals surface area (Å²) in [7, 11) is 0. The highest BCUT2D eigenvalue weighted by Gasteiger charge is 2.09. The van der Waals surface area contributed by atoms with E-state index in [2.05, 4.69) is 106 Å². The van der Waals surface area contributed by atoms with Gasteiger partial charge in [0.05, 0.1) is 11.1 Å². The lowest BCUT2D eigenvalue weighted by atomic mass is 10.1. The molecule has 4 rings (SSSR count). The molecule has 2 aromatic carbocycles. The number of azo groups is 1. The first kappa shape index (κ1) is 21.8. The topological polar surface area (TPSA) is 44.7 Å². The first-order valence-corrected chi connectivity index (χ1v) is 11.8. The molecule has 2 heterocycles. The molecule has 32 heavy (non-hydrogen) atoms. The number of benzene rings is 2. The van der Waals surface area contributed by atoms with E-state index in [4.69, 9.17) is 0 Å². The molecule has 2 aromatic heterocycles. The average Bonchev–Trinajstić information content (AvgIpc) is 3.30. The Morgan fingerprint density at radius 1 is 0.938 bits per heavy atom. The zero-order valence-corrected chi connectivity index (χ0v) is 19.6. The quantitative estimate of drug-likeness (QED) is 0.217. The summed E-state index contributed by atoms with van der Waals surface area (Å²) >= 11 is 1.53. The van der Waals surface area contributed by atoms with Gasteiger partial charge in [-0.1, -0.05) is 29.5 Å². The lowest BCUT2D eigenvalue weighted by molar-refractivity contribution is -0.667. The Bertz CT molecular complexity index is 1240. The van der Waals surface area contributed by atoms with Crippen LogP contribution in [0.25, 0.3) is 23.1 Å². The normalized spacial score (nSPS) is 11.7. The van der Waals surface area contributed by atoms with E-state index in [-0.39, 0.29) is 0 Å². The number of thiazole rings is 1. The maximum absolute atomic E-state index is 4.40. The van der Waals surface area contributed by atoms with Crippen LogP contribution in [0.4, 0.5) is 16.5 Å². The standard InChI is InChI=1S/C26H28N5S/c1-4-30(5-2)22-14-12-21(13-15-22)28-29-26-27-19-23(32-26)16-11-20-17-18-31(6-3)25-10-8-7-9-24(20)25/h7-19H,4-6H2,1-3H3/q+1. The van der Waals surface area contributed by atoms with Gasteiger partial charge < -0.3 is 4.90 Å². The van der Waals surface area contributed by atoms with E-state index in [1.165, 1.54) is 33.5 Å². The third kappa shape index (κ3) is 4.92. The maximum atomic E-state index is 4.40. The molecular weight excluding hydrogens is 414 g/mol. The molecule has 0 aliphatic rings. The minimum atomic E-state index is 0.652. The summed E-state index contributed by atoms with van der Waals surface area (Å²) < 4.78 is 2.26. The highest BCUT2D eigenvalue weighted by atomic mass is 32.1. The van der Waals surface area contributed by atoms with Crippen LogP contribution in [0.3, 0.4) is 0 Å². The summed E-state index contributed by atoms with van der Waals surface area (Å²) in [5, 5.41) is 10.6. The number of para-hydroxylation sites is 1. The van der Waals surface area contributed by atoms with E-state index in [0.717, 1.165) is 30.2 Å². The molecule has 0 spiro atoms. The first-order valence-electron chi connectivity index (χ1n) is 11.0. The number of fused-ring (bicyclic) bond motifs is 1. The zero-order chi connectivity index (χ0) is 22.3. The summed E-state index contributed by atoms with van der Waals surface area (Å²) in [5.41, 5.74) is 4.46. The molecule has 0 unspecified atom stereocenters. The van der Waals surface area contributed by atoms with Crippen molar-refractivity contribution in [3.63, 3.8) is 0 Å². The van der Waals surface area contributed by atoms with Crippen LogP contribution >= 0.6 is 11.3 Å². The van der Waals surface area contributed by atoms with E-state index >= 15 is 0 Å². The van der Waals surface area contributed by atoms with Crippen molar-refractivity contribution < 1.29 is 4.57 Å². The average molecular weight is 443 g/mol. The highest BCUT2D eigenvalue weighted by molar-refractivity contribution is 7.16. The van der Waals surface area contributed by atoms with Gasteiger partial charge in [0, 0.05) is 42.0 Å². The van der Waals surface area contributed by atoms with Gasteiger partial charge in [0.25, 0.3) is 0 Å². The maximum Gasteiger partial charge on any atom is 0.230 e. The van der Waals surface area contributed by atoms with Crippen molar-refractivity contribution in [1.29, 1.82) is 0 Å². The molecule has 0 bridgehead atoms. The SMILES string of the molecule is CCN(CC)c1ccc(N=Nc2ncc(/C=C/c3cc[n+](CC)c4ccccc34)s2)cc1. The number of anilines is 1. The van der Waals surface area contributed by atoms with Crippen LogP contribution in [0, 0.1) is 0 Å². The Morgan fingerprint density at radius 3 is 2.47 bits per heavy atom. The van der Waals surface area contributed by atoms with Gasteiger partial charge in [-0.15, -0.1) is 10.2 Å². The van der Waals surface area contributed by atoms with Gasteiger partial charge in [0.2, 0.25) is 10.6 Å². The molecule has 0 N–H and O–H groups in total. The van der Waals surface area contributed by atoms with Gasteiger partial charge in [-0.3, -0.25) is 0 Å². The summed E-state index contributed by atoms with van der Waals surface area (Å²) in [6.07, 6.45) is 8.21. The van der Waals surface area contributed by atoms with Crippen LogP contribution in [0.15, 0.2) is 77.2 Å². The highest BCUT2D eigenvalue weighted by Crippen LogP contribution is 2.27. The van der Waals surface area contributed by atoms with Gasteiger partial charge in [0.1, 0.15) is 6.54 Å². The Hall–Kier alpha value is -3.38. The zero-order valence-electron chi connectivity index (χ0n) is 18.8. The molecule has 0 saturated carbocycles. The molecule has 6 heteroatoms. The molecule has 0 aliphatic carbocycles. The predicted molar refractivity (Wildman–Crippen MR) is 135 cm³/mol. The third-order valence-corrected chi connectivity index (χ3v) is 6.31. The van der Waals surface area contributed by atoms with Crippen molar-refractivity contribution in [2.24, 2.45) is 10.2 Å². The fourth-order valence-electron chi connectivity index (χ4n) is 3.72. The predicted octanol–water partition coefficient (Wildman–Crippen LogP) is 7.04. The largest absolute Gasteiger partial charge is 0.372 e. The van der Waals surface area contributed by atoms with Gasteiger partial charge in [-0.25, -0.2) is 4.98 Å². The third-order valence-electron chi connectivity index (χ3n) is 5.47. The Morgan fingerprint density at radius 2 is 1.72 bits per heavy atom. The number of pyridine rings is 1. The van der Waals surface area contributed by atoms with Crippen LogP contribution in [-0.4, -0.2) is 18.1 Å². The molecule has 0 atom stereocenters. The van der Waals surface area contributed by atoms with Crippen molar-refractivity contribution in [2.45, 2.75) is 27.3 Å². The van der Waals surface area contributed by atoms with Crippen molar-refractivity contribution in [3.05, 3.63) is 77.4 Å². The molecule has 4 aromatic rings. The van der Waals surface area contributed by atoms with Gasteiger partial charge in [-0.05, 0) is 62.7 Å². The molecule has 0 aliphatic heterocycles. The summed E-state index contributed by atoms with van der Waals surface area (Å²) in [6.45, 7) is 9.41. The van der Waals surface area contributed by atoms with E-state index < -0.39 is 0 Å². The van der Waals surface area contributed by atoms with Crippen molar-refractivity contribution >= 4 is 50.9 Å². The number of aromatic nitrogens is 2. The molecule has 0 radical (unpaired) electrons. The van der Waals surface area contributed by atoms with Gasteiger partial charge in [0.15, 0.2) is 6.20 Å². The minimum absolute atomic E-state index is 0.652. The fourth-order valence-corrected chi connectivity index (χ4v) is 4.36. The van der Waals surface area contributed by atoms with Crippen LogP contribution in [-0.2, 0) is 6.54 Å². The smallest absolute Gasteiger partial charge is 0.230 e. The second kappa shape index (κ2) is 10.3. The van der Waals surface area contributed by atoms with Gasteiger partial charge in [-0.2, -0.15) is 4.57 Å². The molecule has 0 amide bonds. The lowest BCUT2D eigenvalue weighted by Crippen LogP contribution is -2.32. The van der Waals surface area contributed by atoms with E-state index in [9.17, 15) is 0 Å². The molecule has 0 saturated heterocycles. The van der Waals surface area contributed by atoms with Crippen molar-refractivity contribution in [1.82, 2.24) is 4.98 Å². The lowest BCUT2D eigenvalue weighted by Gasteiger charge is -2.20. The van der Waals surface area contributed by atoms with Crippen molar-refractivity contribution in [3.8, 4) is 0 Å². The summed E-state index contributed by atoms with van der Waals surface area (Å²) in [5.74, 6) is 0. The monoisotopic (exact) mass is 442 g/mol. The van der Waals surface area contributed by atoms with Crippen LogP contribution in [0.5, 0.6) is 0 Å². The summed E-state index contributed by atoms with van der Waals surface area (Å²) in [4.78, 5) is 7.75. The summed E-state index contributed by atoms with van der Waals surface area (Å²) in [6, 6.07) is 18.8. The number of nitrogens with zero attached hydrogens (tertiary/aromatic N) is 5. The van der Waals surface area contributed by atoms with Crippen LogP contribution in [0.1, 0.15) is 31.2 Å². The fraction of sp³-hybridized carbons (Fsp3) is 0.231. The number of aryl methyl sites for hydroxylation is 1. The van der Waals surface area contributed by atoms with Crippen LogP contribution in [0.2, 0.25) is 0 Å². The number of hydrogen-bond acceptors (Lipinski definition) is 5. The van der Waals surface area contributed by atoms with E-state index in [1.807, 2.05) is 18.3 Å².